The Balaban J connectivity index is 0.000000152. The van der Waals surface area contributed by atoms with Gasteiger partial charge < -0.3 is 18.9 Å². The number of aryl methyl sites for hydroxylation is 4. The van der Waals surface area contributed by atoms with Crippen LogP contribution in [0.1, 0.15) is 111 Å². The Bertz CT molecular complexity index is 7010. The molecule has 0 amide bonds. The van der Waals surface area contributed by atoms with Gasteiger partial charge in [0.15, 0.2) is 139 Å². The lowest BCUT2D eigenvalue weighted by atomic mass is 9.99. The zero-order chi connectivity index (χ0) is 96.2. The molecule has 0 aliphatic carbocycles. The third-order valence-corrected chi connectivity index (χ3v) is 21.9. The van der Waals surface area contributed by atoms with E-state index in [1.807, 2.05) is 20.8 Å². The minimum absolute atomic E-state index is 0.0761. The normalized spacial score (nSPS) is 11.3. The van der Waals surface area contributed by atoms with Crippen LogP contribution in [0, 0.1) is 140 Å². The van der Waals surface area contributed by atoms with Crippen LogP contribution in [0.5, 0.6) is 23.0 Å². The van der Waals surface area contributed by atoms with Crippen molar-refractivity contribution < 1.29 is 124 Å². The van der Waals surface area contributed by atoms with Crippen LogP contribution < -0.4 is 18.9 Å². The van der Waals surface area contributed by atoms with Crippen molar-refractivity contribution >= 4 is 43.1 Å². The summed E-state index contributed by atoms with van der Waals surface area (Å²) in [4.78, 5) is 0. The van der Waals surface area contributed by atoms with Gasteiger partial charge in [0.2, 0.25) is 0 Å². The predicted octanol–water partition coefficient (Wildman–Crippen LogP) is 32.3. The minimum atomic E-state index is -1.57. The van der Waals surface area contributed by atoms with Gasteiger partial charge in [0, 0.05) is 43.8 Å². The van der Waals surface area contributed by atoms with E-state index >= 15 is 0 Å². The summed E-state index contributed by atoms with van der Waals surface area (Å²) in [7, 11) is 0. The minimum Gasteiger partial charge on any atom is -0.483 e. The van der Waals surface area contributed by atoms with Crippen LogP contribution in [0.25, 0.3) is 87.6 Å². The second kappa shape index (κ2) is 43.2. The molecule has 0 fully saturated rings. The van der Waals surface area contributed by atoms with E-state index in [1.165, 1.54) is 170 Å². The maximum Gasteiger partial charge on any atom is 0.195 e. The third-order valence-electron chi connectivity index (χ3n) is 21.9. The molecule has 16 rings (SSSR count). The molecule has 0 unspecified atom stereocenters. The van der Waals surface area contributed by atoms with E-state index in [9.17, 15) is 105 Å². The van der Waals surface area contributed by atoms with Gasteiger partial charge >= 0.3 is 0 Å². The summed E-state index contributed by atoms with van der Waals surface area (Å²) in [6.07, 6.45) is 7.36. The molecule has 28 heteroatoms. The first kappa shape index (κ1) is 97.6. The molecule has 0 N–H and O–H groups in total. The first-order valence-electron chi connectivity index (χ1n) is 42.0. The SMILES string of the molecule is CCCCCc1cc(F)c(OCc2ccc(-c3ccc4c(F)c(F)c(F)cc4c3)c(F)c2)c(F)c1.CCCCc1cc(F)c(OCc2ccc(-c3ccc4c(F)c(F)c(F)cc4c3)c(F)c2)c(F)c1.CCCc1cc(F)c(OCc2ccc(-c3ccc4c(F)c(F)c(F)cc4c3)c(F)c2)c(F)c1.CCc1cc(F)c(OCc2ccc(-c3ccc4c(F)c(F)c(F)cc4c3)c(F)c2)c(F)c1. The Morgan fingerprint density at radius 1 is 0.179 bits per heavy atom. The van der Waals surface area contributed by atoms with Gasteiger partial charge in [-0.25, -0.2) is 105 Å². The molecule has 4 nitrogen and oxygen atoms in total. The van der Waals surface area contributed by atoms with Gasteiger partial charge in [-0.1, -0.05) is 150 Å². The van der Waals surface area contributed by atoms with E-state index in [4.69, 9.17) is 18.9 Å². The average Bonchev–Trinajstić information content (AvgIpc) is 0.788. The van der Waals surface area contributed by atoms with Crippen LogP contribution in [-0.2, 0) is 52.1 Å². The quantitative estimate of drug-likeness (QED) is 0.0308. The van der Waals surface area contributed by atoms with Crippen molar-refractivity contribution in [3.8, 4) is 67.5 Å². The molecular weight excluding hydrogens is 1790 g/mol. The number of unbranched alkanes of at least 4 members (excludes halogenated alkanes) is 3. The summed E-state index contributed by atoms with van der Waals surface area (Å²) >= 11 is 0. The molecule has 0 aromatic heterocycles. The zero-order valence-electron chi connectivity index (χ0n) is 71.4. The van der Waals surface area contributed by atoms with Gasteiger partial charge in [-0.2, -0.15) is 0 Å². The number of benzene rings is 16. The van der Waals surface area contributed by atoms with Crippen LogP contribution in [0.3, 0.4) is 0 Å². The molecule has 0 saturated carbocycles. The van der Waals surface area contributed by atoms with Gasteiger partial charge in [0.05, 0.1) is 0 Å². The molecule has 134 heavy (non-hydrogen) atoms. The molecule has 0 bridgehead atoms. The highest BCUT2D eigenvalue weighted by atomic mass is 19.2. The summed E-state index contributed by atoms with van der Waals surface area (Å²) in [5.74, 6) is -28.3. The van der Waals surface area contributed by atoms with E-state index in [0.29, 0.717) is 92.4 Å². The maximum absolute atomic E-state index is 14.8. The highest BCUT2D eigenvalue weighted by molar-refractivity contribution is 5.91. The monoisotopic (exact) mass is 1870 g/mol. The maximum atomic E-state index is 14.8. The van der Waals surface area contributed by atoms with Crippen molar-refractivity contribution in [2.24, 2.45) is 0 Å². The average molecular weight is 1870 g/mol. The zero-order valence-corrected chi connectivity index (χ0v) is 71.4. The number of halogens is 24. The van der Waals surface area contributed by atoms with Crippen LogP contribution in [0.2, 0.25) is 0 Å². The molecule has 16 aromatic rings. The number of fused-ring (bicyclic) bond motifs is 4. The molecule has 0 atom stereocenters. The lowest BCUT2D eigenvalue weighted by molar-refractivity contribution is 0.273. The Morgan fingerprint density at radius 3 is 0.627 bits per heavy atom. The third kappa shape index (κ3) is 22.5. The van der Waals surface area contributed by atoms with Crippen molar-refractivity contribution in [1.82, 2.24) is 0 Å². The highest BCUT2D eigenvalue weighted by Crippen LogP contribution is 2.39. The largest absolute Gasteiger partial charge is 0.483 e. The Labute approximate surface area is 752 Å². The lowest BCUT2D eigenvalue weighted by Gasteiger charge is -2.12. The fourth-order valence-electron chi connectivity index (χ4n) is 14.9. The van der Waals surface area contributed by atoms with Crippen LogP contribution >= 0.6 is 0 Å². The first-order valence-corrected chi connectivity index (χ1v) is 42.0. The van der Waals surface area contributed by atoms with Crippen LogP contribution in [0.4, 0.5) is 105 Å². The lowest BCUT2D eigenvalue weighted by Crippen LogP contribution is -2.02. The fourth-order valence-corrected chi connectivity index (χ4v) is 14.9. The van der Waals surface area contributed by atoms with Gasteiger partial charge in [-0.05, 0) is 248 Å². The van der Waals surface area contributed by atoms with Crippen LogP contribution in [0.15, 0.2) is 218 Å². The van der Waals surface area contributed by atoms with Gasteiger partial charge in [-0.3, -0.25) is 0 Å². The van der Waals surface area contributed by atoms with Gasteiger partial charge in [0.1, 0.15) is 49.7 Å². The molecule has 0 spiro atoms. The second-order valence-corrected chi connectivity index (χ2v) is 31.3. The number of ether oxygens (including phenoxy) is 4. The molecule has 16 aromatic carbocycles. The van der Waals surface area contributed by atoms with Gasteiger partial charge in [0.25, 0.3) is 0 Å². The number of hydrogen-bond acceptors (Lipinski definition) is 4. The fraction of sp³-hybridized carbons (Fsp3) is 0.170. The Kier molecular flexibility index (Phi) is 31.5. The molecule has 0 radical (unpaired) electrons. The van der Waals surface area contributed by atoms with Gasteiger partial charge in [-0.15, -0.1) is 0 Å². The van der Waals surface area contributed by atoms with E-state index in [1.54, 1.807) is 6.92 Å². The summed E-state index contributed by atoms with van der Waals surface area (Å²) in [5, 5.41) is -0.200. The van der Waals surface area contributed by atoms with E-state index in [0.717, 1.165) is 87.1 Å². The van der Waals surface area contributed by atoms with Crippen molar-refractivity contribution in [1.29, 1.82) is 0 Å². The number of rotatable bonds is 26. The smallest absolute Gasteiger partial charge is 0.195 e. The topological polar surface area (TPSA) is 36.9 Å². The van der Waals surface area contributed by atoms with Crippen molar-refractivity contribution in [2.45, 2.75) is 118 Å². The van der Waals surface area contributed by atoms with Crippen molar-refractivity contribution in [3.05, 3.63) is 403 Å². The molecule has 0 saturated heterocycles. The van der Waals surface area contributed by atoms with Crippen LogP contribution in [-0.4, -0.2) is 0 Å². The molecular formula is C106H76F24O4. The van der Waals surface area contributed by atoms with E-state index in [-0.39, 0.29) is 91.8 Å². The van der Waals surface area contributed by atoms with Crippen molar-refractivity contribution in [2.75, 3.05) is 0 Å². The first-order chi connectivity index (χ1) is 64.1. The summed E-state index contributed by atoms with van der Waals surface area (Å²) in [6, 6.07) is 45.3. The molecule has 692 valence electrons. The van der Waals surface area contributed by atoms with E-state index < -0.39 is 163 Å². The molecule has 0 aliphatic heterocycles. The summed E-state index contributed by atoms with van der Waals surface area (Å²) < 4.78 is 358. The second-order valence-electron chi connectivity index (χ2n) is 31.3. The summed E-state index contributed by atoms with van der Waals surface area (Å²) in [5.41, 5.74) is 5.22. The van der Waals surface area contributed by atoms with Crippen molar-refractivity contribution in [3.63, 3.8) is 0 Å². The Morgan fingerprint density at radius 2 is 0.403 bits per heavy atom. The summed E-state index contributed by atoms with van der Waals surface area (Å²) in [6.45, 7) is 6.59. The molecule has 0 heterocycles. The number of hydrogen-bond donors (Lipinski definition) is 0. The predicted molar refractivity (Wildman–Crippen MR) is 465 cm³/mol. The standard InChI is InChI=1S/C28H22F6O.C27H20F6O.C26H18F6O.C25H16F6O/c1-2-3-4-5-16-10-24(31)28(25(32)11-16)35-15-17-6-8-20(22(29)12-17)18-7-9-21-19(13-18)14-23(30)27(34)26(21)33;1-2-3-4-15-9-23(30)27(24(31)10-15)34-14-16-5-7-19(21(28)11-16)17-6-8-20-18(12-17)13-22(29)26(33)25(20)32;1-2-3-14-8-22(29)26(23(30)9-14)33-13-15-4-6-18(20(27)10-15)16-5-7-19-17(11-16)12-21(28)25(32)24(19)31;1-2-13-7-21(28)25(22(29)8-13)32-12-14-3-5-17(19(26)9-14)15-4-6-18-16(10-15)11-20(27)24(31)23(18)30/h6-14H,2-5,15H2,1H3;5-13H,2-4,14H2,1H3;4-12H,2-3,13H2,1H3;3-11H,2,12H2,1H3. The highest BCUT2D eigenvalue weighted by Gasteiger charge is 2.25. The molecule has 0 aliphatic rings. The Hall–Kier alpha value is -13.9. The van der Waals surface area contributed by atoms with E-state index in [2.05, 4.69) is 0 Å².